The van der Waals surface area contributed by atoms with E-state index in [0.29, 0.717) is 12.0 Å². The minimum Gasteiger partial charge on any atom is -0.368 e. The normalized spacial score (nSPS) is 20.9. The van der Waals surface area contributed by atoms with Crippen LogP contribution in [0.15, 0.2) is 24.3 Å². The van der Waals surface area contributed by atoms with Gasteiger partial charge in [-0.3, -0.25) is 0 Å². The number of anilines is 1. The molecule has 1 aromatic carbocycles. The molecule has 1 unspecified atom stereocenters. The molecule has 1 heteroatoms. The highest BCUT2D eigenvalue weighted by atomic mass is 15.2. The first kappa shape index (κ1) is 8.61. The molecule has 2 rings (SSSR count). The lowest BCUT2D eigenvalue weighted by Gasteiger charge is -2.24. The minimum absolute atomic E-state index is 0.617. The Morgan fingerprint density at radius 2 is 2.00 bits per heavy atom. The SMILES string of the molecule is CC1CN(C(C)C)c2ccccc21. The summed E-state index contributed by atoms with van der Waals surface area (Å²) >= 11 is 0. The van der Waals surface area contributed by atoms with E-state index in [1.807, 2.05) is 0 Å². The van der Waals surface area contributed by atoms with Crippen molar-refractivity contribution in [1.82, 2.24) is 0 Å². The fourth-order valence-electron chi connectivity index (χ4n) is 2.15. The number of hydrogen-bond acceptors (Lipinski definition) is 1. The maximum absolute atomic E-state index is 2.49. The van der Waals surface area contributed by atoms with Crippen molar-refractivity contribution in [2.75, 3.05) is 11.4 Å². The van der Waals surface area contributed by atoms with Gasteiger partial charge in [-0.15, -0.1) is 0 Å². The van der Waals surface area contributed by atoms with Gasteiger partial charge in [0.15, 0.2) is 0 Å². The molecule has 0 fully saturated rings. The van der Waals surface area contributed by atoms with Crippen molar-refractivity contribution >= 4 is 5.69 Å². The van der Waals surface area contributed by atoms with E-state index in [-0.39, 0.29) is 0 Å². The lowest BCUT2D eigenvalue weighted by atomic mass is 10.0. The lowest BCUT2D eigenvalue weighted by Crippen LogP contribution is -2.28. The number of hydrogen-bond donors (Lipinski definition) is 0. The highest BCUT2D eigenvalue weighted by molar-refractivity contribution is 5.60. The summed E-state index contributed by atoms with van der Waals surface area (Å²) in [5, 5.41) is 0. The molecule has 0 spiro atoms. The summed E-state index contributed by atoms with van der Waals surface area (Å²) in [7, 11) is 0. The average molecular weight is 175 g/mol. The molecule has 0 saturated carbocycles. The molecular weight excluding hydrogens is 158 g/mol. The van der Waals surface area contributed by atoms with Crippen LogP contribution in [0.2, 0.25) is 0 Å². The first-order chi connectivity index (χ1) is 6.20. The first-order valence-electron chi connectivity index (χ1n) is 5.05. The Morgan fingerprint density at radius 3 is 2.69 bits per heavy atom. The van der Waals surface area contributed by atoms with Gasteiger partial charge in [-0.05, 0) is 25.5 Å². The van der Waals surface area contributed by atoms with Crippen molar-refractivity contribution in [2.24, 2.45) is 0 Å². The lowest BCUT2D eigenvalue weighted by molar-refractivity contribution is 0.670. The number of rotatable bonds is 1. The van der Waals surface area contributed by atoms with Crippen LogP contribution in [0.5, 0.6) is 0 Å². The maximum Gasteiger partial charge on any atom is 0.0404 e. The van der Waals surface area contributed by atoms with Crippen LogP contribution in [0.25, 0.3) is 0 Å². The fourth-order valence-corrected chi connectivity index (χ4v) is 2.15. The summed E-state index contributed by atoms with van der Waals surface area (Å²) in [5.41, 5.74) is 2.95. The second kappa shape index (κ2) is 3.06. The molecule has 0 amide bonds. The van der Waals surface area contributed by atoms with Crippen LogP contribution in [-0.4, -0.2) is 12.6 Å². The monoisotopic (exact) mass is 175 g/mol. The van der Waals surface area contributed by atoms with Gasteiger partial charge in [0.2, 0.25) is 0 Å². The molecule has 0 bridgehead atoms. The van der Waals surface area contributed by atoms with E-state index < -0.39 is 0 Å². The van der Waals surface area contributed by atoms with Crippen molar-refractivity contribution in [2.45, 2.75) is 32.7 Å². The highest BCUT2D eigenvalue weighted by Crippen LogP contribution is 2.36. The second-order valence-corrected chi connectivity index (χ2v) is 4.21. The van der Waals surface area contributed by atoms with Gasteiger partial charge < -0.3 is 4.90 Å². The molecule has 1 nitrogen and oxygen atoms in total. The number of fused-ring (bicyclic) bond motifs is 1. The quantitative estimate of drug-likeness (QED) is 0.634. The second-order valence-electron chi connectivity index (χ2n) is 4.21. The Balaban J connectivity index is 2.41. The van der Waals surface area contributed by atoms with Crippen molar-refractivity contribution < 1.29 is 0 Å². The van der Waals surface area contributed by atoms with Crippen molar-refractivity contribution in [3.05, 3.63) is 29.8 Å². The highest BCUT2D eigenvalue weighted by Gasteiger charge is 2.25. The average Bonchev–Trinajstić information content (AvgIpc) is 2.45. The van der Waals surface area contributed by atoms with Crippen molar-refractivity contribution in [3.63, 3.8) is 0 Å². The zero-order chi connectivity index (χ0) is 9.42. The summed E-state index contributed by atoms with van der Waals surface area (Å²) in [6.45, 7) is 8.00. The molecule has 1 aliphatic rings. The van der Waals surface area contributed by atoms with E-state index >= 15 is 0 Å². The Labute approximate surface area is 80.4 Å². The third-order valence-corrected chi connectivity index (χ3v) is 2.87. The molecule has 1 heterocycles. The van der Waals surface area contributed by atoms with E-state index in [9.17, 15) is 0 Å². The topological polar surface area (TPSA) is 3.24 Å². The summed E-state index contributed by atoms with van der Waals surface area (Å²) in [6, 6.07) is 9.37. The molecule has 1 atom stereocenters. The molecule has 0 N–H and O–H groups in total. The molecule has 0 radical (unpaired) electrons. The Morgan fingerprint density at radius 1 is 1.31 bits per heavy atom. The Bertz CT molecular complexity index is 304. The van der Waals surface area contributed by atoms with Crippen LogP contribution in [-0.2, 0) is 0 Å². The van der Waals surface area contributed by atoms with Crippen LogP contribution in [0, 0.1) is 0 Å². The van der Waals surface area contributed by atoms with Gasteiger partial charge in [-0.1, -0.05) is 25.1 Å². The summed E-state index contributed by atoms with van der Waals surface area (Å²) in [4.78, 5) is 2.49. The zero-order valence-electron chi connectivity index (χ0n) is 8.62. The number of para-hydroxylation sites is 1. The van der Waals surface area contributed by atoms with Crippen LogP contribution >= 0.6 is 0 Å². The summed E-state index contributed by atoms with van der Waals surface area (Å²) in [6.07, 6.45) is 0. The number of benzene rings is 1. The standard InChI is InChI=1S/C12H17N/c1-9(2)13-8-10(3)11-6-4-5-7-12(11)13/h4-7,9-10H,8H2,1-3H3. The molecule has 13 heavy (non-hydrogen) atoms. The van der Waals surface area contributed by atoms with Gasteiger partial charge in [0.25, 0.3) is 0 Å². The predicted octanol–water partition coefficient (Wildman–Crippen LogP) is 3.02. The summed E-state index contributed by atoms with van der Waals surface area (Å²) < 4.78 is 0. The minimum atomic E-state index is 0.617. The predicted molar refractivity (Wildman–Crippen MR) is 57.3 cm³/mol. The molecule has 0 aromatic heterocycles. The van der Waals surface area contributed by atoms with E-state index in [0.717, 1.165) is 0 Å². The first-order valence-corrected chi connectivity index (χ1v) is 5.05. The van der Waals surface area contributed by atoms with E-state index in [1.165, 1.54) is 17.8 Å². The van der Waals surface area contributed by atoms with Crippen molar-refractivity contribution in [1.29, 1.82) is 0 Å². The van der Waals surface area contributed by atoms with Gasteiger partial charge in [0.05, 0.1) is 0 Å². The molecule has 70 valence electrons. The van der Waals surface area contributed by atoms with E-state index in [4.69, 9.17) is 0 Å². The van der Waals surface area contributed by atoms with Crippen molar-refractivity contribution in [3.8, 4) is 0 Å². The molecular formula is C12H17N. The van der Waals surface area contributed by atoms with Crippen LogP contribution in [0.4, 0.5) is 5.69 Å². The largest absolute Gasteiger partial charge is 0.368 e. The maximum atomic E-state index is 2.49. The third-order valence-electron chi connectivity index (χ3n) is 2.87. The van der Waals surface area contributed by atoms with E-state index in [2.05, 4.69) is 49.9 Å². The zero-order valence-corrected chi connectivity index (χ0v) is 8.62. The van der Waals surface area contributed by atoms with Crippen LogP contribution in [0.3, 0.4) is 0 Å². The van der Waals surface area contributed by atoms with Gasteiger partial charge in [-0.25, -0.2) is 0 Å². The van der Waals surface area contributed by atoms with Gasteiger partial charge in [0.1, 0.15) is 0 Å². The van der Waals surface area contributed by atoms with Gasteiger partial charge in [0, 0.05) is 24.2 Å². The molecule has 1 aliphatic heterocycles. The fraction of sp³-hybridized carbons (Fsp3) is 0.500. The molecule has 0 aliphatic carbocycles. The molecule has 0 saturated heterocycles. The Kier molecular flexibility index (Phi) is 2.03. The van der Waals surface area contributed by atoms with Crippen LogP contribution in [0.1, 0.15) is 32.3 Å². The van der Waals surface area contributed by atoms with Gasteiger partial charge in [-0.2, -0.15) is 0 Å². The molecule has 1 aromatic rings. The number of nitrogens with zero attached hydrogens (tertiary/aromatic N) is 1. The summed E-state index contributed by atoms with van der Waals surface area (Å²) in [5.74, 6) is 0.693. The third kappa shape index (κ3) is 1.32. The van der Waals surface area contributed by atoms with Gasteiger partial charge >= 0.3 is 0 Å². The Hall–Kier alpha value is -0.980. The smallest absolute Gasteiger partial charge is 0.0404 e. The van der Waals surface area contributed by atoms with E-state index in [1.54, 1.807) is 0 Å². The van der Waals surface area contributed by atoms with Crippen LogP contribution < -0.4 is 4.90 Å².